The Bertz CT molecular complexity index is 1230. The molecule has 8 heteroatoms. The van der Waals surface area contributed by atoms with Crippen LogP contribution < -0.4 is 5.32 Å². The molecule has 0 aliphatic heterocycles. The molecule has 0 atom stereocenters. The zero-order valence-electron chi connectivity index (χ0n) is 15.9. The number of hydrogen-bond acceptors (Lipinski definition) is 6. The number of rotatable bonds is 7. The van der Waals surface area contributed by atoms with Crippen molar-refractivity contribution in [2.45, 2.75) is 19.4 Å². The number of nitrogens with zero attached hydrogens (tertiary/aromatic N) is 4. The average Bonchev–Trinajstić information content (AvgIpc) is 3.51. The topological polar surface area (TPSA) is 84.6 Å². The van der Waals surface area contributed by atoms with Gasteiger partial charge in [-0.3, -0.25) is 4.68 Å². The van der Waals surface area contributed by atoms with Crippen molar-refractivity contribution in [1.29, 1.82) is 0 Å². The molecule has 0 aromatic carbocycles. The molecule has 0 unspecified atom stereocenters. The van der Waals surface area contributed by atoms with Crippen molar-refractivity contribution in [1.82, 2.24) is 24.7 Å². The summed E-state index contributed by atoms with van der Waals surface area (Å²) in [7, 11) is 1.93. The van der Waals surface area contributed by atoms with Gasteiger partial charge in [-0.2, -0.15) is 5.10 Å². The van der Waals surface area contributed by atoms with E-state index in [1.807, 2.05) is 42.3 Å². The van der Waals surface area contributed by atoms with Crippen molar-refractivity contribution in [2.75, 3.05) is 5.32 Å². The third-order valence-corrected chi connectivity index (χ3v) is 5.86. The Kier molecular flexibility index (Phi) is 4.61. The molecule has 0 saturated carbocycles. The van der Waals surface area contributed by atoms with E-state index in [0.29, 0.717) is 0 Å². The van der Waals surface area contributed by atoms with Crippen LogP contribution in [-0.4, -0.2) is 24.7 Å². The number of imidazole rings is 1. The minimum atomic E-state index is 0.735. The monoisotopic (exact) mass is 404 g/mol. The minimum Gasteiger partial charge on any atom is -0.469 e. The SMILES string of the molecule is Cn1cc(-c2ccc(CNc3ccnc4[nH]c(CCc5ccco5)nc34)s2)cn1. The third kappa shape index (κ3) is 3.79. The van der Waals surface area contributed by atoms with Crippen molar-refractivity contribution < 1.29 is 4.42 Å². The Hall–Kier alpha value is -3.39. The largest absolute Gasteiger partial charge is 0.469 e. The molecular formula is C21H20N6OS. The zero-order valence-corrected chi connectivity index (χ0v) is 16.7. The molecule has 2 N–H and O–H groups in total. The van der Waals surface area contributed by atoms with E-state index < -0.39 is 0 Å². The van der Waals surface area contributed by atoms with Crippen molar-refractivity contribution in [2.24, 2.45) is 7.05 Å². The molecule has 0 saturated heterocycles. The van der Waals surface area contributed by atoms with Gasteiger partial charge in [0.2, 0.25) is 0 Å². The summed E-state index contributed by atoms with van der Waals surface area (Å²) in [5, 5.41) is 7.75. The first-order chi connectivity index (χ1) is 14.2. The Balaban J connectivity index is 1.29. The van der Waals surface area contributed by atoms with Gasteiger partial charge in [-0.05, 0) is 30.3 Å². The van der Waals surface area contributed by atoms with Crippen LogP contribution in [0.2, 0.25) is 0 Å². The summed E-state index contributed by atoms with van der Waals surface area (Å²) in [5.41, 5.74) is 3.79. The molecule has 0 aliphatic rings. The third-order valence-electron chi connectivity index (χ3n) is 4.73. The van der Waals surface area contributed by atoms with Gasteiger partial charge in [0.25, 0.3) is 0 Å². The number of furan rings is 1. The maximum Gasteiger partial charge on any atom is 0.159 e. The number of nitrogens with one attached hydrogen (secondary N) is 2. The lowest BCUT2D eigenvalue weighted by Crippen LogP contribution is -1.98. The van der Waals surface area contributed by atoms with E-state index in [-0.39, 0.29) is 0 Å². The van der Waals surface area contributed by atoms with Gasteiger partial charge in [-0.15, -0.1) is 11.3 Å². The molecule has 5 aromatic rings. The molecule has 0 aliphatic carbocycles. The first-order valence-corrected chi connectivity index (χ1v) is 10.2. The summed E-state index contributed by atoms with van der Waals surface area (Å²) >= 11 is 1.77. The van der Waals surface area contributed by atoms with Gasteiger partial charge in [0.1, 0.15) is 17.1 Å². The fourth-order valence-electron chi connectivity index (χ4n) is 3.27. The second kappa shape index (κ2) is 7.56. The Morgan fingerprint density at radius 1 is 1.21 bits per heavy atom. The standard InChI is InChI=1S/C21H20N6OS/c1-27-13-14(11-24-27)18-6-5-16(29-18)12-23-17-8-9-22-21-20(17)25-19(26-21)7-4-15-3-2-10-28-15/h2-3,5-6,8-11,13H,4,7,12H2,1H3,(H2,22,23,25,26). The lowest BCUT2D eigenvalue weighted by atomic mass is 10.2. The zero-order chi connectivity index (χ0) is 19.6. The van der Waals surface area contributed by atoms with Crippen molar-refractivity contribution in [3.8, 4) is 10.4 Å². The molecule has 29 heavy (non-hydrogen) atoms. The number of anilines is 1. The van der Waals surface area contributed by atoms with Crippen LogP contribution in [0.15, 0.2) is 59.6 Å². The number of aryl methyl sites for hydroxylation is 3. The van der Waals surface area contributed by atoms with Gasteiger partial charge in [0, 0.05) is 54.1 Å². The number of thiophene rings is 1. The number of H-pyrrole nitrogens is 1. The molecule has 0 radical (unpaired) electrons. The number of pyridine rings is 1. The molecule has 5 aromatic heterocycles. The highest BCUT2D eigenvalue weighted by molar-refractivity contribution is 7.15. The molecule has 7 nitrogen and oxygen atoms in total. The predicted octanol–water partition coefficient (Wildman–Crippen LogP) is 4.41. The molecule has 0 fully saturated rings. The van der Waals surface area contributed by atoms with Gasteiger partial charge in [0.15, 0.2) is 5.65 Å². The van der Waals surface area contributed by atoms with E-state index in [1.54, 1.807) is 23.8 Å². The van der Waals surface area contributed by atoms with Gasteiger partial charge in [-0.1, -0.05) is 0 Å². The van der Waals surface area contributed by atoms with Crippen molar-refractivity contribution in [3.63, 3.8) is 0 Å². The van der Waals surface area contributed by atoms with Crippen LogP contribution >= 0.6 is 11.3 Å². The molecule has 5 rings (SSSR count). The van der Waals surface area contributed by atoms with Crippen LogP contribution in [0.3, 0.4) is 0 Å². The van der Waals surface area contributed by atoms with Gasteiger partial charge in [0.05, 0.1) is 18.1 Å². The fourth-order valence-corrected chi connectivity index (χ4v) is 4.20. The minimum absolute atomic E-state index is 0.735. The molecule has 146 valence electrons. The van der Waals surface area contributed by atoms with E-state index >= 15 is 0 Å². The lowest BCUT2D eigenvalue weighted by molar-refractivity contribution is 0.507. The van der Waals surface area contributed by atoms with Crippen LogP contribution in [0.5, 0.6) is 0 Å². The maximum absolute atomic E-state index is 5.40. The second-order valence-electron chi connectivity index (χ2n) is 6.84. The predicted molar refractivity (Wildman–Crippen MR) is 114 cm³/mol. The normalized spacial score (nSPS) is 11.3. The van der Waals surface area contributed by atoms with E-state index in [9.17, 15) is 0 Å². The second-order valence-corrected chi connectivity index (χ2v) is 8.01. The fraction of sp³-hybridized carbons (Fsp3) is 0.190. The van der Waals surface area contributed by atoms with Crippen LogP contribution in [0.4, 0.5) is 5.69 Å². The Labute approximate surface area is 171 Å². The molecule has 0 bridgehead atoms. The summed E-state index contributed by atoms with van der Waals surface area (Å²) in [4.78, 5) is 15.0. The van der Waals surface area contributed by atoms with Crippen LogP contribution in [0.25, 0.3) is 21.6 Å². The first-order valence-electron chi connectivity index (χ1n) is 9.42. The lowest BCUT2D eigenvalue weighted by Gasteiger charge is -2.04. The number of fused-ring (bicyclic) bond motifs is 1. The molecular weight excluding hydrogens is 384 g/mol. The highest BCUT2D eigenvalue weighted by atomic mass is 32.1. The number of aromatic amines is 1. The van der Waals surface area contributed by atoms with Crippen molar-refractivity contribution >= 4 is 28.2 Å². The summed E-state index contributed by atoms with van der Waals surface area (Å²) in [6.07, 6.45) is 9.01. The maximum atomic E-state index is 5.40. The quantitative estimate of drug-likeness (QED) is 0.420. The van der Waals surface area contributed by atoms with Crippen LogP contribution in [-0.2, 0) is 26.4 Å². The molecule has 0 spiro atoms. The van der Waals surface area contributed by atoms with Crippen molar-refractivity contribution in [3.05, 3.63) is 71.6 Å². The highest BCUT2D eigenvalue weighted by Crippen LogP contribution is 2.29. The Morgan fingerprint density at radius 2 is 2.17 bits per heavy atom. The van der Waals surface area contributed by atoms with E-state index in [4.69, 9.17) is 9.40 Å². The molecule has 5 heterocycles. The van der Waals surface area contributed by atoms with E-state index in [1.165, 1.54) is 9.75 Å². The van der Waals surface area contributed by atoms with E-state index in [0.717, 1.165) is 53.4 Å². The summed E-state index contributed by atoms with van der Waals surface area (Å²) in [6.45, 7) is 0.735. The van der Waals surface area contributed by atoms with Gasteiger partial charge < -0.3 is 14.7 Å². The molecule has 0 amide bonds. The average molecular weight is 404 g/mol. The summed E-state index contributed by atoms with van der Waals surface area (Å²) in [5.74, 6) is 1.87. The Morgan fingerprint density at radius 3 is 3.00 bits per heavy atom. The first kappa shape index (κ1) is 17.7. The van der Waals surface area contributed by atoms with Crippen LogP contribution in [0.1, 0.15) is 16.5 Å². The summed E-state index contributed by atoms with van der Waals surface area (Å²) < 4.78 is 7.22. The highest BCUT2D eigenvalue weighted by Gasteiger charge is 2.10. The van der Waals surface area contributed by atoms with E-state index in [2.05, 4.69) is 32.5 Å². The van der Waals surface area contributed by atoms with Gasteiger partial charge in [-0.25, -0.2) is 9.97 Å². The number of hydrogen-bond donors (Lipinski definition) is 2. The van der Waals surface area contributed by atoms with Crippen LogP contribution in [0, 0.1) is 0 Å². The number of aromatic nitrogens is 5. The van der Waals surface area contributed by atoms with Gasteiger partial charge >= 0.3 is 0 Å². The summed E-state index contributed by atoms with van der Waals surface area (Å²) in [6, 6.07) is 10.1. The smallest absolute Gasteiger partial charge is 0.159 e.